The maximum absolute atomic E-state index is 13.4. The molecular weight excluding hydrogens is 274 g/mol. The Morgan fingerprint density at radius 1 is 1.38 bits per heavy atom. The number of aromatic nitrogens is 2. The summed E-state index contributed by atoms with van der Waals surface area (Å²) in [5.41, 5.74) is 2.95. The van der Waals surface area contributed by atoms with E-state index in [9.17, 15) is 8.78 Å². The smallest absolute Gasteiger partial charge is 0.264 e. The van der Waals surface area contributed by atoms with Crippen LogP contribution in [-0.4, -0.2) is 22.7 Å². The lowest BCUT2D eigenvalue weighted by Gasteiger charge is -2.28. The highest BCUT2D eigenvalue weighted by Crippen LogP contribution is 2.38. The molecule has 21 heavy (non-hydrogen) atoms. The third-order valence-corrected chi connectivity index (χ3v) is 3.81. The summed E-state index contributed by atoms with van der Waals surface area (Å²) in [5, 5.41) is 11.5. The van der Waals surface area contributed by atoms with Crippen molar-refractivity contribution < 1.29 is 8.78 Å². The number of hydrogen-bond acceptors (Lipinski definition) is 2. The number of rotatable bonds is 3. The predicted molar refractivity (Wildman–Crippen MR) is 78.1 cm³/mol. The number of alkyl halides is 2. The van der Waals surface area contributed by atoms with Gasteiger partial charge in [-0.2, -0.15) is 5.10 Å². The van der Waals surface area contributed by atoms with E-state index in [0.29, 0.717) is 17.7 Å². The van der Waals surface area contributed by atoms with Gasteiger partial charge in [0.1, 0.15) is 0 Å². The molecule has 0 saturated heterocycles. The quantitative estimate of drug-likeness (QED) is 0.695. The number of halogens is 2. The summed E-state index contributed by atoms with van der Waals surface area (Å²) >= 11 is 0. The van der Waals surface area contributed by atoms with Crippen molar-refractivity contribution in [3.05, 3.63) is 35.7 Å². The van der Waals surface area contributed by atoms with Gasteiger partial charge < -0.3 is 4.90 Å². The molecule has 1 aliphatic heterocycles. The molecule has 3 rings (SSSR count). The SMILES string of the molecule is Cn1cc(-c2cc3c(cc2C(F)F)N(C=N)CCC3)cn1. The van der Waals surface area contributed by atoms with Gasteiger partial charge >= 0.3 is 0 Å². The van der Waals surface area contributed by atoms with Gasteiger partial charge in [0.05, 0.1) is 12.5 Å². The molecule has 0 fully saturated rings. The van der Waals surface area contributed by atoms with E-state index in [-0.39, 0.29) is 5.56 Å². The second-order valence-corrected chi connectivity index (χ2v) is 5.20. The minimum absolute atomic E-state index is 0.00417. The number of nitrogens with zero attached hydrogens (tertiary/aromatic N) is 3. The van der Waals surface area contributed by atoms with Crippen molar-refractivity contribution in [2.24, 2.45) is 7.05 Å². The van der Waals surface area contributed by atoms with Gasteiger partial charge in [-0.05, 0) is 36.1 Å². The molecule has 1 aromatic heterocycles. The van der Waals surface area contributed by atoms with E-state index in [1.165, 1.54) is 12.4 Å². The van der Waals surface area contributed by atoms with E-state index in [2.05, 4.69) is 5.10 Å². The maximum atomic E-state index is 13.4. The third kappa shape index (κ3) is 2.41. The van der Waals surface area contributed by atoms with Gasteiger partial charge in [-0.1, -0.05) is 0 Å². The van der Waals surface area contributed by atoms with Gasteiger partial charge in [-0.15, -0.1) is 0 Å². The maximum Gasteiger partial charge on any atom is 0.264 e. The molecule has 0 bridgehead atoms. The number of anilines is 1. The van der Waals surface area contributed by atoms with Crippen LogP contribution in [0.2, 0.25) is 0 Å². The largest absolute Gasteiger partial charge is 0.333 e. The van der Waals surface area contributed by atoms with Gasteiger partial charge in [0.15, 0.2) is 0 Å². The van der Waals surface area contributed by atoms with Gasteiger partial charge in [-0.25, -0.2) is 8.78 Å². The molecule has 0 unspecified atom stereocenters. The highest BCUT2D eigenvalue weighted by molar-refractivity contribution is 5.82. The first-order valence-electron chi connectivity index (χ1n) is 6.81. The van der Waals surface area contributed by atoms with Crippen LogP contribution >= 0.6 is 0 Å². The van der Waals surface area contributed by atoms with E-state index in [4.69, 9.17) is 5.41 Å². The van der Waals surface area contributed by atoms with E-state index < -0.39 is 6.43 Å². The normalized spacial score (nSPS) is 14.4. The lowest BCUT2D eigenvalue weighted by Crippen LogP contribution is -2.27. The lowest BCUT2D eigenvalue weighted by molar-refractivity contribution is 0.152. The number of aryl methyl sites for hydroxylation is 2. The molecule has 0 aliphatic carbocycles. The first-order valence-corrected chi connectivity index (χ1v) is 6.81. The number of nitrogens with one attached hydrogen (secondary N) is 1. The van der Waals surface area contributed by atoms with Crippen LogP contribution in [0, 0.1) is 5.41 Å². The second kappa shape index (κ2) is 5.27. The van der Waals surface area contributed by atoms with Gasteiger partial charge in [-0.3, -0.25) is 10.1 Å². The summed E-state index contributed by atoms with van der Waals surface area (Å²) in [5.74, 6) is 0. The summed E-state index contributed by atoms with van der Waals surface area (Å²) in [6.45, 7) is 0.700. The molecule has 0 amide bonds. The standard InChI is InChI=1S/C15H16F2N4/c1-20-8-11(7-19-20)12-5-10-3-2-4-21(9-18)14(10)6-13(12)15(16)17/h5-9,15,18H,2-4H2,1H3. The average Bonchev–Trinajstić information content (AvgIpc) is 2.91. The minimum Gasteiger partial charge on any atom is -0.333 e. The monoisotopic (exact) mass is 290 g/mol. The molecule has 4 nitrogen and oxygen atoms in total. The topological polar surface area (TPSA) is 44.9 Å². The van der Waals surface area contributed by atoms with E-state index in [0.717, 1.165) is 24.1 Å². The third-order valence-electron chi connectivity index (χ3n) is 3.81. The Labute approximate surface area is 121 Å². The van der Waals surface area contributed by atoms with Gasteiger partial charge in [0, 0.05) is 36.6 Å². The molecule has 6 heteroatoms. The Morgan fingerprint density at radius 3 is 2.81 bits per heavy atom. The summed E-state index contributed by atoms with van der Waals surface area (Å²) in [6.07, 6.45) is 3.76. The van der Waals surface area contributed by atoms with Crippen molar-refractivity contribution in [1.29, 1.82) is 5.41 Å². The average molecular weight is 290 g/mol. The molecule has 1 aliphatic rings. The van der Waals surface area contributed by atoms with Crippen LogP contribution < -0.4 is 4.90 Å². The highest BCUT2D eigenvalue weighted by atomic mass is 19.3. The Morgan fingerprint density at radius 2 is 2.19 bits per heavy atom. The van der Waals surface area contributed by atoms with Gasteiger partial charge in [0.25, 0.3) is 6.43 Å². The molecule has 1 aromatic carbocycles. The Bertz CT molecular complexity index is 678. The highest BCUT2D eigenvalue weighted by Gasteiger charge is 2.23. The number of fused-ring (bicyclic) bond motifs is 1. The summed E-state index contributed by atoms with van der Waals surface area (Å²) in [7, 11) is 1.76. The molecule has 2 heterocycles. The lowest BCUT2D eigenvalue weighted by atomic mass is 9.93. The second-order valence-electron chi connectivity index (χ2n) is 5.20. The molecule has 0 saturated carbocycles. The van der Waals surface area contributed by atoms with E-state index in [1.54, 1.807) is 29.0 Å². The molecule has 110 valence electrons. The molecule has 2 aromatic rings. The summed E-state index contributed by atoms with van der Waals surface area (Å²) < 4.78 is 28.4. The Balaban J connectivity index is 2.18. The zero-order valence-corrected chi connectivity index (χ0v) is 11.7. The predicted octanol–water partition coefficient (Wildman–Crippen LogP) is 3.38. The van der Waals surface area contributed by atoms with E-state index >= 15 is 0 Å². The summed E-state index contributed by atoms with van der Waals surface area (Å²) in [4.78, 5) is 1.72. The van der Waals surface area contributed by atoms with Crippen LogP contribution in [0.25, 0.3) is 11.1 Å². The Kier molecular flexibility index (Phi) is 3.45. The molecule has 0 radical (unpaired) electrons. The molecule has 0 spiro atoms. The van der Waals surface area contributed by atoms with Crippen LogP contribution in [0.15, 0.2) is 24.5 Å². The fourth-order valence-electron chi connectivity index (χ4n) is 2.80. The Hall–Kier alpha value is -2.24. The number of hydrogen-bond donors (Lipinski definition) is 1. The molecule has 1 N–H and O–H groups in total. The fourth-order valence-corrected chi connectivity index (χ4v) is 2.80. The fraction of sp³-hybridized carbons (Fsp3) is 0.333. The zero-order chi connectivity index (χ0) is 15.0. The van der Waals surface area contributed by atoms with Crippen molar-refractivity contribution in [1.82, 2.24) is 9.78 Å². The van der Waals surface area contributed by atoms with Crippen LogP contribution in [0.3, 0.4) is 0 Å². The number of benzene rings is 1. The van der Waals surface area contributed by atoms with E-state index in [1.807, 2.05) is 6.07 Å². The van der Waals surface area contributed by atoms with Crippen LogP contribution in [-0.2, 0) is 13.5 Å². The minimum atomic E-state index is -2.56. The van der Waals surface area contributed by atoms with Crippen molar-refractivity contribution in [2.75, 3.05) is 11.4 Å². The molecule has 0 atom stereocenters. The van der Waals surface area contributed by atoms with Gasteiger partial charge in [0.2, 0.25) is 0 Å². The van der Waals surface area contributed by atoms with Crippen LogP contribution in [0.1, 0.15) is 24.0 Å². The van der Waals surface area contributed by atoms with Crippen LogP contribution in [0.4, 0.5) is 14.5 Å². The summed E-state index contributed by atoms with van der Waals surface area (Å²) in [6, 6.07) is 3.34. The van der Waals surface area contributed by atoms with Crippen molar-refractivity contribution in [3.8, 4) is 11.1 Å². The molecular formula is C15H16F2N4. The van der Waals surface area contributed by atoms with Crippen LogP contribution in [0.5, 0.6) is 0 Å². The van der Waals surface area contributed by atoms with Crippen molar-refractivity contribution in [2.45, 2.75) is 19.3 Å². The van der Waals surface area contributed by atoms with Crippen molar-refractivity contribution in [3.63, 3.8) is 0 Å². The van der Waals surface area contributed by atoms with Crippen molar-refractivity contribution >= 4 is 12.0 Å². The first kappa shape index (κ1) is 13.7. The first-order chi connectivity index (χ1) is 10.1. The zero-order valence-electron chi connectivity index (χ0n) is 11.7.